The fourth-order valence-corrected chi connectivity index (χ4v) is 3.87. The smallest absolute Gasteiger partial charge is 0.272 e. The fraction of sp³-hybridized carbons (Fsp3) is 0.438. The Morgan fingerprint density at radius 3 is 3.05 bits per heavy atom. The van der Waals surface area contributed by atoms with Crippen LogP contribution in [0.25, 0.3) is 10.9 Å². The van der Waals surface area contributed by atoms with Crippen molar-refractivity contribution in [3.05, 3.63) is 35.0 Å². The molecule has 0 unspecified atom stereocenters. The van der Waals surface area contributed by atoms with Gasteiger partial charge < -0.3 is 14.6 Å². The van der Waals surface area contributed by atoms with Crippen LogP contribution in [0.5, 0.6) is 0 Å². The number of fused-ring (bicyclic) bond motifs is 2. The number of ether oxygens (including phenoxy) is 1. The molecule has 0 radical (unpaired) electrons. The molecule has 4 rings (SSSR count). The number of carbonyl (C=O) groups excluding carboxylic acids is 1. The molecule has 0 bridgehead atoms. The van der Waals surface area contributed by atoms with Gasteiger partial charge >= 0.3 is 0 Å². The van der Waals surface area contributed by atoms with Crippen LogP contribution in [0.15, 0.2) is 24.3 Å². The summed E-state index contributed by atoms with van der Waals surface area (Å²) in [6.45, 7) is 1.26. The quantitative estimate of drug-likeness (QED) is 0.879. The molecule has 0 spiro atoms. The predicted molar refractivity (Wildman–Crippen MR) is 81.7 cm³/mol. The monoisotopic (exact) mass is 304 g/mol. The molecule has 4 nitrogen and oxygen atoms in total. The number of benzene rings is 1. The van der Waals surface area contributed by atoms with Crippen LogP contribution >= 0.6 is 11.6 Å². The van der Waals surface area contributed by atoms with E-state index in [4.69, 9.17) is 16.3 Å². The number of halogens is 1. The number of aromatic nitrogens is 1. The number of nitrogens with one attached hydrogen (secondary N) is 1. The molecular weight excluding hydrogens is 288 g/mol. The summed E-state index contributed by atoms with van der Waals surface area (Å²) in [6.07, 6.45) is 3.40. The van der Waals surface area contributed by atoms with Gasteiger partial charge in [0.25, 0.3) is 5.91 Å². The summed E-state index contributed by atoms with van der Waals surface area (Å²) >= 11 is 6.40. The molecule has 2 fully saturated rings. The van der Waals surface area contributed by atoms with Gasteiger partial charge in [-0.1, -0.05) is 29.8 Å². The van der Waals surface area contributed by atoms with Gasteiger partial charge in [0.1, 0.15) is 5.69 Å². The Morgan fingerprint density at radius 1 is 1.33 bits per heavy atom. The van der Waals surface area contributed by atoms with E-state index in [2.05, 4.69) is 4.98 Å². The normalized spacial score (nSPS) is 25.3. The summed E-state index contributed by atoms with van der Waals surface area (Å²) in [5.74, 6) is -0.00333. The SMILES string of the molecule is O=C(c1[nH]c2ccccc2c1Cl)N1CCO[C@H]2CCC[C@H]21. The van der Waals surface area contributed by atoms with E-state index in [1.54, 1.807) is 0 Å². The Balaban J connectivity index is 1.71. The molecule has 2 heterocycles. The highest BCUT2D eigenvalue weighted by Crippen LogP contribution is 2.33. The van der Waals surface area contributed by atoms with Crippen molar-refractivity contribution in [1.82, 2.24) is 9.88 Å². The van der Waals surface area contributed by atoms with Crippen LogP contribution in [0.3, 0.4) is 0 Å². The van der Waals surface area contributed by atoms with Gasteiger partial charge in [0.05, 0.1) is 23.8 Å². The largest absolute Gasteiger partial charge is 0.374 e. The summed E-state index contributed by atoms with van der Waals surface area (Å²) in [6, 6.07) is 7.94. The van der Waals surface area contributed by atoms with Gasteiger partial charge in [0.2, 0.25) is 0 Å². The first kappa shape index (κ1) is 13.2. The summed E-state index contributed by atoms with van der Waals surface area (Å²) in [7, 11) is 0. The molecule has 1 aliphatic heterocycles. The standard InChI is InChI=1S/C16H17ClN2O2/c17-14-10-4-1-2-5-11(10)18-15(14)16(20)19-8-9-21-13-7-3-6-12(13)19/h1-2,4-5,12-13,18H,3,6-9H2/t12-,13+/m1/s1. The number of rotatable bonds is 1. The molecule has 2 atom stereocenters. The Bertz CT molecular complexity index is 697. The second kappa shape index (κ2) is 5.04. The Hall–Kier alpha value is -1.52. The van der Waals surface area contributed by atoms with Gasteiger partial charge in [0.15, 0.2) is 0 Å². The van der Waals surface area contributed by atoms with Crippen LogP contribution < -0.4 is 0 Å². The molecule has 110 valence electrons. The van der Waals surface area contributed by atoms with Crippen LogP contribution in [0.1, 0.15) is 29.8 Å². The number of morpholine rings is 1. The highest BCUT2D eigenvalue weighted by molar-refractivity contribution is 6.38. The summed E-state index contributed by atoms with van der Waals surface area (Å²) in [4.78, 5) is 18.0. The lowest BCUT2D eigenvalue weighted by Crippen LogP contribution is -2.51. The van der Waals surface area contributed by atoms with Crippen molar-refractivity contribution in [3.8, 4) is 0 Å². The molecule has 2 aliphatic rings. The molecule has 5 heteroatoms. The van der Waals surface area contributed by atoms with E-state index in [1.807, 2.05) is 29.2 Å². The second-order valence-corrected chi connectivity index (χ2v) is 6.14. The number of para-hydroxylation sites is 1. The van der Waals surface area contributed by atoms with Crippen molar-refractivity contribution in [2.75, 3.05) is 13.2 Å². The molecule has 1 aromatic carbocycles. The Labute approximate surface area is 128 Å². The van der Waals surface area contributed by atoms with Gasteiger partial charge in [-0.25, -0.2) is 0 Å². The second-order valence-electron chi connectivity index (χ2n) is 5.77. The Morgan fingerprint density at radius 2 is 2.19 bits per heavy atom. The number of hydrogen-bond donors (Lipinski definition) is 1. The van der Waals surface area contributed by atoms with E-state index in [9.17, 15) is 4.79 Å². The highest BCUT2D eigenvalue weighted by Gasteiger charge is 2.39. The number of aromatic amines is 1. The summed E-state index contributed by atoms with van der Waals surface area (Å²) in [5, 5.41) is 1.43. The van der Waals surface area contributed by atoms with Crippen molar-refractivity contribution in [2.24, 2.45) is 0 Å². The lowest BCUT2D eigenvalue weighted by molar-refractivity contribution is -0.0446. The molecule has 1 amide bonds. The first-order chi connectivity index (χ1) is 10.3. The van der Waals surface area contributed by atoms with Crippen molar-refractivity contribution in [3.63, 3.8) is 0 Å². The molecule has 1 aromatic heterocycles. The van der Waals surface area contributed by atoms with Gasteiger partial charge in [-0.2, -0.15) is 0 Å². The van der Waals surface area contributed by atoms with Crippen molar-refractivity contribution in [1.29, 1.82) is 0 Å². The average molecular weight is 305 g/mol. The third kappa shape index (κ3) is 2.05. The minimum absolute atomic E-state index is 0.00333. The molecule has 1 aliphatic carbocycles. The lowest BCUT2D eigenvalue weighted by Gasteiger charge is -2.37. The molecule has 1 N–H and O–H groups in total. The number of hydrogen-bond acceptors (Lipinski definition) is 2. The van der Waals surface area contributed by atoms with E-state index in [-0.39, 0.29) is 18.1 Å². The fourth-order valence-electron chi connectivity index (χ4n) is 3.58. The zero-order valence-corrected chi connectivity index (χ0v) is 12.4. The van der Waals surface area contributed by atoms with Crippen molar-refractivity contribution >= 4 is 28.4 Å². The number of nitrogens with zero attached hydrogens (tertiary/aromatic N) is 1. The van der Waals surface area contributed by atoms with Crippen molar-refractivity contribution < 1.29 is 9.53 Å². The van der Waals surface area contributed by atoms with Crippen LogP contribution in [0.4, 0.5) is 0 Å². The number of carbonyl (C=O) groups is 1. The topological polar surface area (TPSA) is 45.3 Å². The van der Waals surface area contributed by atoms with Gasteiger partial charge in [0, 0.05) is 17.4 Å². The average Bonchev–Trinajstić information content (AvgIpc) is 3.11. The summed E-state index contributed by atoms with van der Waals surface area (Å²) in [5.41, 5.74) is 1.41. The van der Waals surface area contributed by atoms with Gasteiger partial charge in [-0.15, -0.1) is 0 Å². The predicted octanol–water partition coefficient (Wildman–Crippen LogP) is 3.21. The maximum Gasteiger partial charge on any atom is 0.272 e. The molecule has 1 saturated heterocycles. The van der Waals surface area contributed by atoms with Crippen LogP contribution in [0.2, 0.25) is 5.02 Å². The van der Waals surface area contributed by atoms with E-state index in [0.29, 0.717) is 23.9 Å². The minimum Gasteiger partial charge on any atom is -0.374 e. The van der Waals surface area contributed by atoms with E-state index < -0.39 is 0 Å². The van der Waals surface area contributed by atoms with Crippen LogP contribution in [-0.4, -0.2) is 41.1 Å². The van der Waals surface area contributed by atoms with E-state index in [0.717, 1.165) is 30.2 Å². The maximum atomic E-state index is 12.9. The van der Waals surface area contributed by atoms with Crippen molar-refractivity contribution in [2.45, 2.75) is 31.4 Å². The zero-order valence-electron chi connectivity index (χ0n) is 11.6. The van der Waals surface area contributed by atoms with Crippen LogP contribution in [-0.2, 0) is 4.74 Å². The first-order valence-electron chi connectivity index (χ1n) is 7.44. The maximum absolute atomic E-state index is 12.9. The highest BCUT2D eigenvalue weighted by atomic mass is 35.5. The van der Waals surface area contributed by atoms with Crippen LogP contribution in [0, 0.1) is 0 Å². The minimum atomic E-state index is -0.00333. The van der Waals surface area contributed by atoms with E-state index >= 15 is 0 Å². The lowest BCUT2D eigenvalue weighted by atomic mass is 10.1. The molecule has 21 heavy (non-hydrogen) atoms. The summed E-state index contributed by atoms with van der Waals surface area (Å²) < 4.78 is 5.77. The third-order valence-corrected chi connectivity index (χ3v) is 4.99. The van der Waals surface area contributed by atoms with Gasteiger partial charge in [-0.05, 0) is 25.3 Å². The molecule has 2 aromatic rings. The number of H-pyrrole nitrogens is 1. The van der Waals surface area contributed by atoms with E-state index in [1.165, 1.54) is 0 Å². The zero-order chi connectivity index (χ0) is 14.4. The van der Waals surface area contributed by atoms with Gasteiger partial charge in [-0.3, -0.25) is 4.79 Å². The first-order valence-corrected chi connectivity index (χ1v) is 7.82. The molecule has 1 saturated carbocycles. The number of amides is 1. The molecular formula is C16H17ClN2O2. The Kier molecular flexibility index (Phi) is 3.16. The third-order valence-electron chi connectivity index (χ3n) is 4.60.